The lowest BCUT2D eigenvalue weighted by Crippen LogP contribution is -2.41. The van der Waals surface area contributed by atoms with Gasteiger partial charge in [-0.2, -0.15) is 0 Å². The van der Waals surface area contributed by atoms with Crippen molar-refractivity contribution in [2.45, 2.75) is 33.1 Å². The zero-order valence-electron chi connectivity index (χ0n) is 17.3. The third-order valence-electron chi connectivity index (χ3n) is 4.15. The minimum atomic E-state index is -0.460. The Morgan fingerprint density at radius 3 is 2.42 bits per heavy atom. The Bertz CT molecular complexity index is 909. The molecular weight excluding hydrogens is 507 g/mol. The normalized spacial score (nSPS) is 10.6. The Hall–Kier alpha value is -1.96. The maximum absolute atomic E-state index is 12.5. The predicted molar refractivity (Wildman–Crippen MR) is 126 cm³/mol. The third kappa shape index (κ3) is 8.97. The highest BCUT2D eigenvalue weighted by atomic mass is 79.9. The van der Waals surface area contributed by atoms with E-state index in [0.717, 1.165) is 10.9 Å². The molecule has 0 saturated heterocycles. The lowest BCUT2D eigenvalue weighted by atomic mass is 10.1. The van der Waals surface area contributed by atoms with Gasteiger partial charge in [-0.25, -0.2) is 0 Å². The minimum absolute atomic E-state index is 0.168. The highest BCUT2D eigenvalue weighted by Crippen LogP contribution is 2.27. The van der Waals surface area contributed by atoms with Crippen LogP contribution in [0.15, 0.2) is 40.9 Å². The van der Waals surface area contributed by atoms with E-state index in [1.165, 1.54) is 0 Å². The summed E-state index contributed by atoms with van der Waals surface area (Å²) in [5.41, 5.74) is 5.17. The molecule has 0 aliphatic heterocycles. The van der Waals surface area contributed by atoms with Gasteiger partial charge in [0.25, 0.3) is 5.91 Å². The molecule has 0 atom stereocenters. The highest BCUT2D eigenvalue weighted by molar-refractivity contribution is 9.10. The van der Waals surface area contributed by atoms with Crippen molar-refractivity contribution in [3.63, 3.8) is 0 Å². The number of hydrazine groups is 1. The molecule has 2 N–H and O–H groups in total. The quantitative estimate of drug-likeness (QED) is 0.300. The fourth-order valence-corrected chi connectivity index (χ4v) is 3.30. The third-order valence-corrected chi connectivity index (χ3v) is 5.18. The second-order valence-corrected chi connectivity index (χ2v) is 8.96. The van der Waals surface area contributed by atoms with E-state index in [-0.39, 0.29) is 12.3 Å². The van der Waals surface area contributed by atoms with Crippen LogP contribution in [-0.4, -0.2) is 25.0 Å². The number of halogens is 3. The summed E-state index contributed by atoms with van der Waals surface area (Å²) in [5, 5.41) is 0.927. The number of rotatable bonds is 10. The van der Waals surface area contributed by atoms with Crippen LogP contribution in [0.4, 0.5) is 0 Å². The second kappa shape index (κ2) is 12.8. The average Bonchev–Trinajstić information content (AvgIpc) is 2.71. The Labute approximate surface area is 200 Å². The van der Waals surface area contributed by atoms with Crippen molar-refractivity contribution in [3.05, 3.63) is 56.5 Å². The lowest BCUT2D eigenvalue weighted by molar-refractivity contribution is -0.122. The van der Waals surface area contributed by atoms with E-state index in [4.69, 9.17) is 32.7 Å². The molecule has 0 radical (unpaired) electrons. The molecule has 0 aromatic heterocycles. The number of benzene rings is 2. The Balaban J connectivity index is 1.78. The van der Waals surface area contributed by atoms with Crippen LogP contribution in [0, 0.1) is 5.92 Å². The summed E-state index contributed by atoms with van der Waals surface area (Å²) >= 11 is 15.2. The molecular formula is C22H25BrCl2N2O4. The summed E-state index contributed by atoms with van der Waals surface area (Å²) in [6.07, 6.45) is 1.49. The van der Waals surface area contributed by atoms with Crippen molar-refractivity contribution >= 4 is 50.9 Å². The number of carbonyl (C=O) groups excluding carboxylic acids is 2. The molecule has 0 unspecified atom stereocenters. The molecule has 168 valence electrons. The zero-order valence-corrected chi connectivity index (χ0v) is 20.4. The Morgan fingerprint density at radius 1 is 1.00 bits per heavy atom. The topological polar surface area (TPSA) is 76.7 Å². The van der Waals surface area contributed by atoms with E-state index in [2.05, 4.69) is 40.6 Å². The van der Waals surface area contributed by atoms with Gasteiger partial charge in [-0.3, -0.25) is 20.4 Å². The van der Waals surface area contributed by atoms with Gasteiger partial charge < -0.3 is 9.47 Å². The van der Waals surface area contributed by atoms with Gasteiger partial charge in [0.1, 0.15) is 11.5 Å². The van der Waals surface area contributed by atoms with E-state index in [0.29, 0.717) is 52.7 Å². The van der Waals surface area contributed by atoms with Crippen LogP contribution < -0.4 is 20.3 Å². The van der Waals surface area contributed by atoms with Crippen molar-refractivity contribution in [3.8, 4) is 11.5 Å². The standard InChI is InChI=1S/C22H25BrCl2N2O4/c1-14(2)9-11-31-19-7-5-15(23)12-17(19)22(29)27-26-21(28)4-3-10-30-20-8-6-16(24)13-18(20)25/h5-8,12-14H,3-4,9-11H2,1-2H3,(H,26,28)(H,27,29). The van der Waals surface area contributed by atoms with Crippen LogP contribution in [0.3, 0.4) is 0 Å². The number of nitrogens with one attached hydrogen (secondary N) is 2. The number of hydrogen-bond acceptors (Lipinski definition) is 4. The molecule has 0 aliphatic carbocycles. The van der Waals surface area contributed by atoms with E-state index in [9.17, 15) is 9.59 Å². The van der Waals surface area contributed by atoms with Gasteiger partial charge >= 0.3 is 0 Å². The number of ether oxygens (including phenoxy) is 2. The molecule has 2 aromatic carbocycles. The van der Waals surface area contributed by atoms with Gasteiger partial charge in [0.05, 0.1) is 23.8 Å². The molecule has 0 heterocycles. The van der Waals surface area contributed by atoms with Crippen molar-refractivity contribution in [2.24, 2.45) is 5.92 Å². The number of amides is 2. The molecule has 2 amide bonds. The van der Waals surface area contributed by atoms with E-state index in [1.54, 1.807) is 36.4 Å². The van der Waals surface area contributed by atoms with Gasteiger partial charge in [-0.15, -0.1) is 0 Å². The van der Waals surface area contributed by atoms with Crippen LogP contribution in [0.5, 0.6) is 11.5 Å². The molecule has 9 heteroatoms. The largest absolute Gasteiger partial charge is 0.493 e. The second-order valence-electron chi connectivity index (χ2n) is 7.20. The average molecular weight is 532 g/mol. The fourth-order valence-electron chi connectivity index (χ4n) is 2.47. The van der Waals surface area contributed by atoms with Gasteiger partial charge in [0, 0.05) is 15.9 Å². The molecule has 0 saturated carbocycles. The summed E-state index contributed by atoms with van der Waals surface area (Å²) in [5.74, 6) is 0.657. The maximum Gasteiger partial charge on any atom is 0.273 e. The van der Waals surface area contributed by atoms with Crippen LogP contribution in [-0.2, 0) is 4.79 Å². The predicted octanol–water partition coefficient (Wildman–Crippen LogP) is 5.80. The first-order chi connectivity index (χ1) is 14.8. The Morgan fingerprint density at radius 2 is 1.71 bits per heavy atom. The molecule has 31 heavy (non-hydrogen) atoms. The van der Waals surface area contributed by atoms with Crippen molar-refractivity contribution in [2.75, 3.05) is 13.2 Å². The lowest BCUT2D eigenvalue weighted by Gasteiger charge is -2.14. The first-order valence-corrected chi connectivity index (χ1v) is 11.4. The highest BCUT2D eigenvalue weighted by Gasteiger charge is 2.14. The van der Waals surface area contributed by atoms with Gasteiger partial charge in [0.15, 0.2) is 0 Å². The molecule has 0 bridgehead atoms. The molecule has 0 aliphatic rings. The van der Waals surface area contributed by atoms with E-state index in [1.807, 2.05) is 0 Å². The fraction of sp³-hybridized carbons (Fsp3) is 0.364. The van der Waals surface area contributed by atoms with E-state index < -0.39 is 5.91 Å². The van der Waals surface area contributed by atoms with Gasteiger partial charge in [0.2, 0.25) is 5.91 Å². The molecule has 6 nitrogen and oxygen atoms in total. The number of carbonyl (C=O) groups is 2. The molecule has 2 rings (SSSR count). The monoisotopic (exact) mass is 530 g/mol. The molecule has 2 aromatic rings. The first kappa shape index (κ1) is 25.3. The van der Waals surface area contributed by atoms with Crippen molar-refractivity contribution in [1.82, 2.24) is 10.9 Å². The smallest absolute Gasteiger partial charge is 0.273 e. The van der Waals surface area contributed by atoms with Crippen LogP contribution in [0.2, 0.25) is 10.0 Å². The van der Waals surface area contributed by atoms with Gasteiger partial charge in [-0.1, -0.05) is 53.0 Å². The summed E-state index contributed by atoms with van der Waals surface area (Å²) in [6.45, 7) is 5.00. The zero-order chi connectivity index (χ0) is 22.8. The van der Waals surface area contributed by atoms with Crippen molar-refractivity contribution in [1.29, 1.82) is 0 Å². The van der Waals surface area contributed by atoms with Crippen LogP contribution >= 0.6 is 39.1 Å². The summed E-state index contributed by atoms with van der Waals surface area (Å²) in [7, 11) is 0. The molecule has 0 spiro atoms. The maximum atomic E-state index is 12.5. The van der Waals surface area contributed by atoms with Crippen molar-refractivity contribution < 1.29 is 19.1 Å². The van der Waals surface area contributed by atoms with Crippen LogP contribution in [0.25, 0.3) is 0 Å². The Kier molecular flexibility index (Phi) is 10.4. The minimum Gasteiger partial charge on any atom is -0.493 e. The van der Waals surface area contributed by atoms with E-state index >= 15 is 0 Å². The summed E-state index contributed by atoms with van der Waals surface area (Å²) in [4.78, 5) is 24.6. The SMILES string of the molecule is CC(C)CCOc1ccc(Br)cc1C(=O)NNC(=O)CCCOc1ccc(Cl)cc1Cl. The first-order valence-electron chi connectivity index (χ1n) is 9.85. The summed E-state index contributed by atoms with van der Waals surface area (Å²) < 4.78 is 12.0. The molecule has 0 fully saturated rings. The van der Waals surface area contributed by atoms with Gasteiger partial charge in [-0.05, 0) is 55.2 Å². The summed E-state index contributed by atoms with van der Waals surface area (Å²) in [6, 6.07) is 10.1. The number of hydrogen-bond donors (Lipinski definition) is 2. The van der Waals surface area contributed by atoms with Crippen LogP contribution in [0.1, 0.15) is 43.5 Å².